The Morgan fingerprint density at radius 2 is 1.91 bits per heavy atom. The number of hydrogen-bond acceptors (Lipinski definition) is 6. The topological polar surface area (TPSA) is 108 Å². The van der Waals surface area contributed by atoms with Crippen molar-refractivity contribution in [2.45, 2.75) is 13.2 Å². The first kappa shape index (κ1) is 21.5. The van der Waals surface area contributed by atoms with E-state index in [4.69, 9.17) is 11.6 Å². The van der Waals surface area contributed by atoms with Crippen LogP contribution < -0.4 is 5.32 Å². The Morgan fingerprint density at radius 1 is 1.06 bits per heavy atom. The normalized spacial score (nSPS) is 11.0. The summed E-state index contributed by atoms with van der Waals surface area (Å²) in [5.74, 6) is -0.294. The fraction of sp³-hybridized carbons (Fsp3) is 0.0909. The summed E-state index contributed by atoms with van der Waals surface area (Å²) in [6, 6.07) is 15.3. The van der Waals surface area contributed by atoms with Crippen molar-refractivity contribution in [2.24, 2.45) is 0 Å². The fourth-order valence-corrected chi connectivity index (χ4v) is 3.46. The van der Waals surface area contributed by atoms with E-state index < -0.39 is 11.7 Å². The van der Waals surface area contributed by atoms with Gasteiger partial charge >= 0.3 is 0 Å². The minimum Gasteiger partial charge on any atom is -0.318 e. The third kappa shape index (κ3) is 4.84. The highest BCUT2D eigenvalue weighted by atomic mass is 35.5. The van der Waals surface area contributed by atoms with Crippen LogP contribution in [-0.4, -0.2) is 45.7 Å². The Labute approximate surface area is 197 Å². The third-order valence-corrected chi connectivity index (χ3v) is 5.22. The molecule has 0 unspecified atom stereocenters. The van der Waals surface area contributed by atoms with Crippen molar-refractivity contribution in [2.75, 3.05) is 5.32 Å². The first-order chi connectivity index (χ1) is 16.5. The van der Waals surface area contributed by atoms with Gasteiger partial charge in [0.15, 0.2) is 12.4 Å². The second kappa shape index (κ2) is 9.24. The van der Waals surface area contributed by atoms with E-state index in [2.05, 4.69) is 30.9 Å². The number of nitrogens with zero attached hydrogens (tertiary/aromatic N) is 8. The van der Waals surface area contributed by atoms with Gasteiger partial charge in [-0.05, 0) is 29.0 Å². The van der Waals surface area contributed by atoms with Gasteiger partial charge in [-0.1, -0.05) is 48.0 Å². The highest BCUT2D eigenvalue weighted by Crippen LogP contribution is 2.19. The lowest BCUT2D eigenvalue weighted by molar-refractivity contribution is 0.102. The molecule has 0 bridgehead atoms. The Kier molecular flexibility index (Phi) is 5.83. The first-order valence-electron chi connectivity index (χ1n) is 10.2. The average Bonchev–Trinajstić information content (AvgIpc) is 3.58. The molecule has 0 fully saturated rings. The van der Waals surface area contributed by atoms with Crippen molar-refractivity contribution in [3.05, 3.63) is 95.3 Å². The van der Waals surface area contributed by atoms with Crippen LogP contribution in [0.4, 0.5) is 10.1 Å². The van der Waals surface area contributed by atoms with Crippen molar-refractivity contribution < 1.29 is 9.18 Å². The van der Waals surface area contributed by atoms with E-state index in [0.29, 0.717) is 28.6 Å². The summed E-state index contributed by atoms with van der Waals surface area (Å²) in [7, 11) is 0. The number of tetrazole rings is 1. The molecule has 3 aromatic heterocycles. The quantitative estimate of drug-likeness (QED) is 0.385. The standard InChI is InChI=1S/C22H17ClFN9O/c23-19-10-17(24)7-6-16(19)12-32-13-18(11-25-32)26-22(34)20-8-9-31(28-20)14-33-29-21(27-30-33)15-4-2-1-3-5-15/h1-11,13H,12,14H2,(H,26,34). The zero-order valence-corrected chi connectivity index (χ0v) is 18.3. The summed E-state index contributed by atoms with van der Waals surface area (Å²) >= 11 is 6.07. The Hall–Kier alpha value is -4.38. The van der Waals surface area contributed by atoms with Gasteiger partial charge in [0, 0.05) is 23.0 Å². The number of benzene rings is 2. The first-order valence-corrected chi connectivity index (χ1v) is 10.6. The number of rotatable bonds is 7. The molecule has 1 amide bonds. The Bertz CT molecular complexity index is 1440. The van der Waals surface area contributed by atoms with Gasteiger partial charge < -0.3 is 5.32 Å². The van der Waals surface area contributed by atoms with Crippen LogP contribution in [0.1, 0.15) is 16.1 Å². The molecule has 5 rings (SSSR count). The lowest BCUT2D eigenvalue weighted by Gasteiger charge is -2.04. The molecule has 0 saturated carbocycles. The molecule has 1 N–H and O–H groups in total. The van der Waals surface area contributed by atoms with Crippen LogP contribution in [0, 0.1) is 5.82 Å². The molecule has 170 valence electrons. The average molecular weight is 478 g/mol. The number of carbonyl (C=O) groups is 1. The summed E-state index contributed by atoms with van der Waals surface area (Å²) in [5.41, 5.74) is 2.28. The predicted octanol–water partition coefficient (Wildman–Crippen LogP) is 3.33. The smallest absolute Gasteiger partial charge is 0.276 e. The molecule has 0 saturated heterocycles. The van der Waals surface area contributed by atoms with Crippen LogP contribution in [0.2, 0.25) is 5.02 Å². The summed E-state index contributed by atoms with van der Waals surface area (Å²) < 4.78 is 16.3. The molecule has 0 radical (unpaired) electrons. The molecule has 5 aromatic rings. The van der Waals surface area contributed by atoms with E-state index in [9.17, 15) is 9.18 Å². The van der Waals surface area contributed by atoms with E-state index in [1.54, 1.807) is 29.2 Å². The summed E-state index contributed by atoms with van der Waals surface area (Å²) in [5, 5.41) is 24.0. The number of amides is 1. The molecule has 0 aliphatic rings. The number of carbonyl (C=O) groups excluding carboxylic acids is 1. The van der Waals surface area contributed by atoms with Gasteiger partial charge in [-0.25, -0.2) is 9.07 Å². The maximum Gasteiger partial charge on any atom is 0.276 e. The predicted molar refractivity (Wildman–Crippen MR) is 122 cm³/mol. The van der Waals surface area contributed by atoms with E-state index in [1.807, 2.05) is 30.3 Å². The van der Waals surface area contributed by atoms with Crippen molar-refractivity contribution in [3.8, 4) is 11.4 Å². The zero-order chi connectivity index (χ0) is 23.5. The van der Waals surface area contributed by atoms with Gasteiger partial charge in [0.2, 0.25) is 5.82 Å². The maximum atomic E-state index is 13.2. The Morgan fingerprint density at radius 3 is 2.74 bits per heavy atom. The number of halogens is 2. The lowest BCUT2D eigenvalue weighted by atomic mass is 10.2. The SMILES string of the molecule is O=C(Nc1cnn(Cc2ccc(F)cc2Cl)c1)c1ccn(Cn2nnc(-c3ccccc3)n2)n1. The minimum absolute atomic E-state index is 0.198. The van der Waals surface area contributed by atoms with Gasteiger partial charge in [0.25, 0.3) is 5.91 Å². The third-order valence-electron chi connectivity index (χ3n) is 4.87. The largest absolute Gasteiger partial charge is 0.318 e. The van der Waals surface area contributed by atoms with Gasteiger partial charge in [-0.3, -0.25) is 9.48 Å². The van der Waals surface area contributed by atoms with Gasteiger partial charge in [-0.15, -0.1) is 15.0 Å². The maximum absolute atomic E-state index is 13.2. The summed E-state index contributed by atoms with van der Waals surface area (Å²) in [4.78, 5) is 14.0. The molecule has 34 heavy (non-hydrogen) atoms. The van der Waals surface area contributed by atoms with Gasteiger partial charge in [-0.2, -0.15) is 10.2 Å². The van der Waals surface area contributed by atoms with Crippen LogP contribution >= 0.6 is 11.6 Å². The molecule has 0 atom stereocenters. The van der Waals surface area contributed by atoms with Crippen molar-refractivity contribution in [1.82, 2.24) is 39.8 Å². The van der Waals surface area contributed by atoms with Crippen molar-refractivity contribution in [3.63, 3.8) is 0 Å². The minimum atomic E-state index is -0.405. The summed E-state index contributed by atoms with van der Waals surface area (Å²) in [6.45, 7) is 0.531. The number of hydrogen-bond donors (Lipinski definition) is 1. The lowest BCUT2D eigenvalue weighted by Crippen LogP contribution is -2.15. The number of anilines is 1. The summed E-state index contributed by atoms with van der Waals surface area (Å²) in [6.07, 6.45) is 4.82. The zero-order valence-electron chi connectivity index (χ0n) is 17.6. The molecule has 0 aliphatic heterocycles. The van der Waals surface area contributed by atoms with Gasteiger partial charge in [0.1, 0.15) is 5.82 Å². The molecule has 3 heterocycles. The van der Waals surface area contributed by atoms with Crippen LogP contribution in [0.25, 0.3) is 11.4 Å². The monoisotopic (exact) mass is 477 g/mol. The second-order valence-electron chi connectivity index (χ2n) is 7.35. The highest BCUT2D eigenvalue weighted by molar-refractivity contribution is 6.31. The van der Waals surface area contributed by atoms with Crippen molar-refractivity contribution in [1.29, 1.82) is 0 Å². The number of aromatic nitrogens is 8. The second-order valence-corrected chi connectivity index (χ2v) is 7.76. The Balaban J connectivity index is 1.21. The van der Waals surface area contributed by atoms with E-state index >= 15 is 0 Å². The van der Waals surface area contributed by atoms with E-state index in [-0.39, 0.29) is 12.4 Å². The van der Waals surface area contributed by atoms with Crippen LogP contribution in [0.15, 0.2) is 73.2 Å². The molecule has 2 aromatic carbocycles. The highest BCUT2D eigenvalue weighted by Gasteiger charge is 2.13. The molecule has 0 spiro atoms. The molecule has 10 nitrogen and oxygen atoms in total. The van der Waals surface area contributed by atoms with Crippen LogP contribution in [0.5, 0.6) is 0 Å². The molecular formula is C22H17ClFN9O. The van der Waals surface area contributed by atoms with Crippen LogP contribution in [-0.2, 0) is 13.2 Å². The van der Waals surface area contributed by atoms with E-state index in [1.165, 1.54) is 27.8 Å². The van der Waals surface area contributed by atoms with E-state index in [0.717, 1.165) is 5.56 Å². The molecule has 12 heteroatoms. The fourth-order valence-electron chi connectivity index (χ4n) is 3.23. The molecular weight excluding hydrogens is 461 g/mol. The molecule has 0 aliphatic carbocycles. The van der Waals surface area contributed by atoms with Crippen molar-refractivity contribution >= 4 is 23.2 Å². The number of nitrogens with one attached hydrogen (secondary N) is 1. The van der Waals surface area contributed by atoms with Gasteiger partial charge in [0.05, 0.1) is 18.4 Å². The van der Waals surface area contributed by atoms with Crippen LogP contribution in [0.3, 0.4) is 0 Å².